The first-order chi connectivity index (χ1) is 11.6. The van der Waals surface area contributed by atoms with Crippen molar-refractivity contribution < 1.29 is 19.2 Å². The molecule has 1 fully saturated rings. The maximum Gasteiger partial charge on any atom is 0.356 e. The Morgan fingerprint density at radius 2 is 2.08 bits per heavy atom. The second kappa shape index (κ2) is 7.27. The number of ether oxygens (including phenoxy) is 1. The number of carbonyl (C=O) groups is 2. The number of rotatable bonds is 4. The quantitative estimate of drug-likeness (QED) is 0.716. The molecule has 24 heavy (non-hydrogen) atoms. The van der Waals surface area contributed by atoms with Crippen molar-refractivity contribution in [3.8, 4) is 0 Å². The van der Waals surface area contributed by atoms with Crippen LogP contribution in [0.5, 0.6) is 0 Å². The molecular weight excluding hydrogens is 326 g/mol. The number of methoxy groups -OCH3 is 1. The van der Waals surface area contributed by atoms with Crippen LogP contribution >= 0.6 is 11.8 Å². The maximum atomic E-state index is 12.5. The van der Waals surface area contributed by atoms with Crippen LogP contribution in [0.15, 0.2) is 18.2 Å². The van der Waals surface area contributed by atoms with Gasteiger partial charge in [-0.1, -0.05) is 11.6 Å². The van der Waals surface area contributed by atoms with Crippen molar-refractivity contribution in [3.63, 3.8) is 0 Å². The zero-order valence-electron chi connectivity index (χ0n) is 13.9. The lowest BCUT2D eigenvalue weighted by atomic mass is 10.1. The number of fused-ring (bicyclic) bond motifs is 1. The van der Waals surface area contributed by atoms with Gasteiger partial charge in [-0.05, 0) is 19.1 Å². The first-order valence-electron chi connectivity index (χ1n) is 8.00. The largest absolute Gasteiger partial charge is 0.464 e. The van der Waals surface area contributed by atoms with E-state index in [4.69, 9.17) is 4.74 Å². The summed E-state index contributed by atoms with van der Waals surface area (Å²) in [7, 11) is 1.33. The zero-order valence-corrected chi connectivity index (χ0v) is 14.7. The highest BCUT2D eigenvalue weighted by Crippen LogP contribution is 2.29. The van der Waals surface area contributed by atoms with E-state index in [1.54, 1.807) is 0 Å². The van der Waals surface area contributed by atoms with E-state index >= 15 is 0 Å². The Bertz CT molecular complexity index is 766. The fourth-order valence-electron chi connectivity index (χ4n) is 2.94. The predicted molar refractivity (Wildman–Crippen MR) is 95.9 cm³/mol. The maximum absolute atomic E-state index is 12.5. The minimum absolute atomic E-state index is 0.0792. The van der Waals surface area contributed by atoms with Gasteiger partial charge in [-0.15, -0.1) is 0 Å². The van der Waals surface area contributed by atoms with Crippen LogP contribution in [0.25, 0.3) is 10.9 Å². The number of hydrogen-bond donors (Lipinski definition) is 3. The van der Waals surface area contributed by atoms with Crippen LogP contribution in [0.2, 0.25) is 0 Å². The molecule has 7 heteroatoms. The summed E-state index contributed by atoms with van der Waals surface area (Å²) in [4.78, 5) is 28.8. The van der Waals surface area contributed by atoms with Crippen molar-refractivity contribution >= 4 is 40.2 Å². The second-order valence-electron chi connectivity index (χ2n) is 6.00. The van der Waals surface area contributed by atoms with Gasteiger partial charge in [-0.2, -0.15) is 11.8 Å². The molecule has 1 aliphatic rings. The van der Waals surface area contributed by atoms with Gasteiger partial charge in [0, 0.05) is 22.4 Å². The molecule has 1 aliphatic heterocycles. The number of carbonyl (C=O) groups excluding carboxylic acids is 2. The third-order valence-electron chi connectivity index (χ3n) is 4.22. The van der Waals surface area contributed by atoms with Gasteiger partial charge in [0.2, 0.25) is 0 Å². The molecule has 3 N–H and O–H groups in total. The number of aromatic nitrogens is 1. The molecule has 3 rings (SSSR count). The van der Waals surface area contributed by atoms with Gasteiger partial charge in [0.05, 0.1) is 25.9 Å². The molecule has 1 saturated heterocycles. The highest BCUT2D eigenvalue weighted by atomic mass is 32.2. The number of aromatic amines is 1. The van der Waals surface area contributed by atoms with Crippen molar-refractivity contribution in [1.82, 2.24) is 4.98 Å². The van der Waals surface area contributed by atoms with Gasteiger partial charge < -0.3 is 19.9 Å². The molecule has 0 spiro atoms. The summed E-state index contributed by atoms with van der Waals surface area (Å²) in [5, 5.41) is 3.75. The van der Waals surface area contributed by atoms with Gasteiger partial charge in [0.15, 0.2) is 6.54 Å². The van der Waals surface area contributed by atoms with Gasteiger partial charge >= 0.3 is 5.97 Å². The Kier molecular flexibility index (Phi) is 5.11. The fourth-order valence-corrected chi connectivity index (χ4v) is 4.01. The topological polar surface area (TPSA) is 75.6 Å². The monoisotopic (exact) mass is 348 g/mol. The number of aryl methyl sites for hydroxylation is 1. The third kappa shape index (κ3) is 3.57. The van der Waals surface area contributed by atoms with Crippen molar-refractivity contribution in [2.75, 3.05) is 43.6 Å². The van der Waals surface area contributed by atoms with E-state index < -0.39 is 5.97 Å². The van der Waals surface area contributed by atoms with Crippen LogP contribution in [0.4, 0.5) is 5.69 Å². The lowest BCUT2D eigenvalue weighted by Crippen LogP contribution is -3.14. The van der Waals surface area contributed by atoms with Crippen LogP contribution in [0, 0.1) is 6.92 Å². The fraction of sp³-hybridized carbons (Fsp3) is 0.412. The number of benzene rings is 1. The standard InChI is InChI=1S/C17H21N3O3S/c1-11-3-4-13-12(9-11)15(16(18-13)17(22)23-2)19-14(21)10-20-5-7-24-8-6-20/h3-4,9,18H,5-8,10H2,1-2H3,(H,19,21)/p+1. The predicted octanol–water partition coefficient (Wildman–Crippen LogP) is 0.833. The molecule has 128 valence electrons. The van der Waals surface area contributed by atoms with Crippen LogP contribution in [0.3, 0.4) is 0 Å². The Morgan fingerprint density at radius 3 is 2.79 bits per heavy atom. The van der Waals surface area contributed by atoms with Crippen LogP contribution in [-0.4, -0.2) is 55.1 Å². The van der Waals surface area contributed by atoms with E-state index in [0.717, 1.165) is 41.1 Å². The number of quaternary nitrogens is 1. The number of esters is 1. The molecule has 0 aliphatic carbocycles. The average Bonchev–Trinajstić information content (AvgIpc) is 2.93. The first kappa shape index (κ1) is 16.9. The lowest BCUT2D eigenvalue weighted by Gasteiger charge is -2.22. The summed E-state index contributed by atoms with van der Waals surface area (Å²) in [6.07, 6.45) is 0. The normalized spacial score (nSPS) is 15.4. The summed E-state index contributed by atoms with van der Waals surface area (Å²) in [5.74, 6) is 1.61. The molecule has 1 aromatic carbocycles. The number of anilines is 1. The first-order valence-corrected chi connectivity index (χ1v) is 9.15. The molecule has 6 nitrogen and oxygen atoms in total. The molecule has 0 bridgehead atoms. The smallest absolute Gasteiger partial charge is 0.356 e. The van der Waals surface area contributed by atoms with Gasteiger partial charge in [0.1, 0.15) is 5.69 Å². The SMILES string of the molecule is COC(=O)c1[nH]c2ccc(C)cc2c1NC(=O)C[NH+]1CCSCC1. The molecule has 0 atom stereocenters. The summed E-state index contributed by atoms with van der Waals surface area (Å²) in [5.41, 5.74) is 2.66. The summed E-state index contributed by atoms with van der Waals surface area (Å²) >= 11 is 1.93. The average molecular weight is 348 g/mol. The van der Waals surface area contributed by atoms with E-state index in [2.05, 4.69) is 10.3 Å². The third-order valence-corrected chi connectivity index (χ3v) is 5.20. The summed E-state index contributed by atoms with van der Waals surface area (Å²) in [6.45, 7) is 4.38. The van der Waals surface area contributed by atoms with Crippen LogP contribution in [0.1, 0.15) is 16.1 Å². The van der Waals surface area contributed by atoms with Crippen LogP contribution < -0.4 is 10.2 Å². The molecule has 2 aromatic rings. The summed E-state index contributed by atoms with van der Waals surface area (Å²) < 4.78 is 4.84. The molecule has 2 heterocycles. The number of H-pyrrole nitrogens is 1. The highest BCUT2D eigenvalue weighted by Gasteiger charge is 2.23. The van der Waals surface area contributed by atoms with E-state index in [1.807, 2.05) is 36.9 Å². The highest BCUT2D eigenvalue weighted by molar-refractivity contribution is 7.99. The van der Waals surface area contributed by atoms with E-state index in [0.29, 0.717) is 12.2 Å². The minimum atomic E-state index is -0.485. The number of hydrogen-bond acceptors (Lipinski definition) is 4. The van der Waals surface area contributed by atoms with Crippen molar-refractivity contribution in [2.45, 2.75) is 6.92 Å². The molecule has 0 saturated carbocycles. The summed E-state index contributed by atoms with van der Waals surface area (Å²) in [6, 6.07) is 5.82. The number of amides is 1. The van der Waals surface area contributed by atoms with Crippen molar-refractivity contribution in [1.29, 1.82) is 0 Å². The Hall–Kier alpha value is -1.99. The van der Waals surface area contributed by atoms with Gasteiger partial charge in [-0.25, -0.2) is 4.79 Å². The van der Waals surface area contributed by atoms with E-state index in [-0.39, 0.29) is 11.6 Å². The van der Waals surface area contributed by atoms with Gasteiger partial charge in [-0.3, -0.25) is 4.79 Å². The molecule has 0 radical (unpaired) electrons. The lowest BCUT2D eigenvalue weighted by molar-refractivity contribution is -0.887. The zero-order chi connectivity index (χ0) is 17.1. The number of thioether (sulfide) groups is 1. The van der Waals surface area contributed by atoms with E-state index in [1.165, 1.54) is 12.0 Å². The molecule has 1 aromatic heterocycles. The van der Waals surface area contributed by atoms with E-state index in [9.17, 15) is 9.59 Å². The van der Waals surface area contributed by atoms with Crippen molar-refractivity contribution in [2.24, 2.45) is 0 Å². The Labute approximate surface area is 144 Å². The van der Waals surface area contributed by atoms with Gasteiger partial charge in [0.25, 0.3) is 5.91 Å². The molecule has 1 amide bonds. The molecular formula is C17H22N3O3S+. The number of nitrogens with one attached hydrogen (secondary N) is 3. The van der Waals surface area contributed by atoms with Crippen molar-refractivity contribution in [3.05, 3.63) is 29.5 Å². The van der Waals surface area contributed by atoms with Crippen LogP contribution in [-0.2, 0) is 9.53 Å². The second-order valence-corrected chi connectivity index (χ2v) is 7.23. The molecule has 0 unspecified atom stereocenters. The Morgan fingerprint density at radius 1 is 1.33 bits per heavy atom. The Balaban J connectivity index is 1.87. The minimum Gasteiger partial charge on any atom is -0.464 e.